The van der Waals surface area contributed by atoms with Crippen LogP contribution in [0.5, 0.6) is 0 Å². The highest BCUT2D eigenvalue weighted by atomic mass is 35.5. The zero-order valence-corrected chi connectivity index (χ0v) is 22.3. The van der Waals surface area contributed by atoms with Crippen molar-refractivity contribution in [3.63, 3.8) is 0 Å². The van der Waals surface area contributed by atoms with Crippen LogP contribution in [0, 0.1) is 6.92 Å². The third-order valence-corrected chi connectivity index (χ3v) is 7.08. The molecule has 0 amide bonds. The van der Waals surface area contributed by atoms with Crippen LogP contribution < -0.4 is 0 Å². The summed E-state index contributed by atoms with van der Waals surface area (Å²) in [6.45, 7) is 6.28. The van der Waals surface area contributed by atoms with Gasteiger partial charge in [0.05, 0.1) is 18.7 Å². The number of nitrogens with zero attached hydrogens (tertiary/aromatic N) is 7. The molecule has 3 aromatic heterocycles. The standard InChI is InChI=1S/C28H25Cl2N7O/c1-18-2-6-21(7-3-18)24-25(27-31-10-12-36(27)16-19-4-8-22(29)33-14-19)35-38-26(24)28-32-11-13-37(28)17-20-5-9-23(30)34-15-20/h2-9,14-15H,10-13,16-17H2,1H3. The van der Waals surface area contributed by atoms with Crippen molar-refractivity contribution >= 4 is 34.9 Å². The Morgan fingerprint density at radius 2 is 1.34 bits per heavy atom. The number of hydrogen-bond acceptors (Lipinski definition) is 8. The van der Waals surface area contributed by atoms with E-state index in [1.54, 1.807) is 24.5 Å². The molecule has 0 unspecified atom stereocenters. The van der Waals surface area contributed by atoms with Crippen LogP contribution in [0.2, 0.25) is 10.3 Å². The Hall–Kier alpha value is -3.75. The molecule has 0 saturated carbocycles. The van der Waals surface area contributed by atoms with Gasteiger partial charge in [-0.3, -0.25) is 9.98 Å². The molecule has 4 aromatic rings. The average Bonchev–Trinajstić information content (AvgIpc) is 3.67. The largest absolute Gasteiger partial charge is 0.352 e. The molecule has 8 nitrogen and oxygen atoms in total. The summed E-state index contributed by atoms with van der Waals surface area (Å²) in [5, 5.41) is 5.53. The summed E-state index contributed by atoms with van der Waals surface area (Å²) in [7, 11) is 0. The number of hydrogen-bond donors (Lipinski definition) is 0. The Labute approximate surface area is 230 Å². The van der Waals surface area contributed by atoms with Gasteiger partial charge in [-0.15, -0.1) is 0 Å². The van der Waals surface area contributed by atoms with Gasteiger partial charge in [-0.05, 0) is 35.7 Å². The number of aromatic nitrogens is 3. The van der Waals surface area contributed by atoms with Crippen molar-refractivity contribution in [2.75, 3.05) is 26.2 Å². The first-order valence-electron chi connectivity index (χ1n) is 12.4. The van der Waals surface area contributed by atoms with Crippen LogP contribution in [-0.2, 0) is 13.1 Å². The van der Waals surface area contributed by atoms with Gasteiger partial charge in [0, 0.05) is 38.6 Å². The minimum atomic E-state index is 0.474. The van der Waals surface area contributed by atoms with Crippen molar-refractivity contribution in [3.8, 4) is 11.1 Å². The van der Waals surface area contributed by atoms with Gasteiger partial charge in [-0.25, -0.2) is 9.97 Å². The second-order valence-electron chi connectivity index (χ2n) is 9.33. The molecular weight excluding hydrogens is 521 g/mol. The number of pyridine rings is 2. The lowest BCUT2D eigenvalue weighted by Gasteiger charge is -2.21. The van der Waals surface area contributed by atoms with Crippen molar-refractivity contribution in [1.82, 2.24) is 24.9 Å². The molecule has 10 heteroatoms. The first-order valence-corrected chi connectivity index (χ1v) is 13.2. The maximum atomic E-state index is 6.08. The number of amidine groups is 2. The van der Waals surface area contributed by atoms with Gasteiger partial charge in [0.1, 0.15) is 10.3 Å². The highest BCUT2D eigenvalue weighted by molar-refractivity contribution is 6.29. The topological polar surface area (TPSA) is 83.0 Å². The third kappa shape index (κ3) is 5.01. The summed E-state index contributed by atoms with van der Waals surface area (Å²) in [4.78, 5) is 22.5. The minimum absolute atomic E-state index is 0.474. The van der Waals surface area contributed by atoms with E-state index in [0.29, 0.717) is 47.9 Å². The molecule has 1 aromatic carbocycles. The Kier molecular flexibility index (Phi) is 6.82. The number of benzene rings is 1. The molecule has 38 heavy (non-hydrogen) atoms. The molecule has 0 atom stereocenters. The second-order valence-corrected chi connectivity index (χ2v) is 10.1. The molecule has 6 rings (SSSR count). The SMILES string of the molecule is Cc1ccc(-c2c(C3=NCCN3Cc3ccc(Cl)nc3)noc2C2=NCCN2Cc2ccc(Cl)nc2)cc1. The van der Waals surface area contributed by atoms with E-state index in [-0.39, 0.29) is 0 Å². The predicted octanol–water partition coefficient (Wildman–Crippen LogP) is 5.27. The molecule has 192 valence electrons. The van der Waals surface area contributed by atoms with E-state index in [9.17, 15) is 0 Å². The normalized spacial score (nSPS) is 15.2. The fourth-order valence-corrected chi connectivity index (χ4v) is 4.96. The lowest BCUT2D eigenvalue weighted by atomic mass is 10.00. The molecule has 2 aliphatic heterocycles. The van der Waals surface area contributed by atoms with Crippen LogP contribution in [0.1, 0.15) is 28.1 Å². The summed E-state index contributed by atoms with van der Waals surface area (Å²) in [6, 6.07) is 16.0. The van der Waals surface area contributed by atoms with Gasteiger partial charge in [-0.1, -0.05) is 70.3 Å². The van der Waals surface area contributed by atoms with Crippen molar-refractivity contribution in [3.05, 3.63) is 99.4 Å². The molecule has 0 N–H and O–H groups in total. The zero-order valence-electron chi connectivity index (χ0n) is 20.8. The monoisotopic (exact) mass is 545 g/mol. The van der Waals surface area contributed by atoms with E-state index >= 15 is 0 Å². The van der Waals surface area contributed by atoms with Gasteiger partial charge in [0.15, 0.2) is 17.4 Å². The molecule has 5 heterocycles. The quantitative estimate of drug-likeness (QED) is 0.294. The van der Waals surface area contributed by atoms with Crippen LogP contribution >= 0.6 is 23.2 Å². The molecule has 0 aliphatic carbocycles. The van der Waals surface area contributed by atoms with Crippen LogP contribution in [0.25, 0.3) is 11.1 Å². The van der Waals surface area contributed by atoms with E-state index in [4.69, 9.17) is 37.7 Å². The molecule has 2 aliphatic rings. The fourth-order valence-electron chi connectivity index (χ4n) is 4.74. The smallest absolute Gasteiger partial charge is 0.210 e. The third-order valence-electron chi connectivity index (χ3n) is 6.63. The second kappa shape index (κ2) is 10.6. The highest BCUT2D eigenvalue weighted by Crippen LogP contribution is 2.33. The predicted molar refractivity (Wildman–Crippen MR) is 149 cm³/mol. The molecule has 0 fully saturated rings. The highest BCUT2D eigenvalue weighted by Gasteiger charge is 2.33. The molecule has 0 radical (unpaired) electrons. The average molecular weight is 546 g/mol. The van der Waals surface area contributed by atoms with E-state index in [0.717, 1.165) is 47.0 Å². The Morgan fingerprint density at radius 1 is 0.763 bits per heavy atom. The molecule has 0 spiro atoms. The van der Waals surface area contributed by atoms with E-state index in [1.165, 1.54) is 5.56 Å². The number of rotatable bonds is 7. The van der Waals surface area contributed by atoms with Gasteiger partial charge in [0.25, 0.3) is 0 Å². The fraction of sp³-hybridized carbons (Fsp3) is 0.250. The van der Waals surface area contributed by atoms with Crippen molar-refractivity contribution in [2.24, 2.45) is 9.98 Å². The maximum absolute atomic E-state index is 6.08. The molecular formula is C28H25Cl2N7O. The molecule has 0 saturated heterocycles. The van der Waals surface area contributed by atoms with Gasteiger partial charge >= 0.3 is 0 Å². The first kappa shape index (κ1) is 24.6. The van der Waals surface area contributed by atoms with E-state index in [1.807, 2.05) is 12.1 Å². The van der Waals surface area contributed by atoms with Crippen LogP contribution in [0.15, 0.2) is 75.4 Å². The van der Waals surface area contributed by atoms with E-state index < -0.39 is 0 Å². The first-order chi connectivity index (χ1) is 18.5. The van der Waals surface area contributed by atoms with E-state index in [2.05, 4.69) is 56.1 Å². The lowest BCUT2D eigenvalue weighted by Crippen LogP contribution is -2.29. The zero-order chi connectivity index (χ0) is 26.1. The van der Waals surface area contributed by atoms with Crippen LogP contribution in [0.4, 0.5) is 0 Å². The van der Waals surface area contributed by atoms with Crippen molar-refractivity contribution < 1.29 is 4.52 Å². The minimum Gasteiger partial charge on any atom is -0.352 e. The van der Waals surface area contributed by atoms with Gasteiger partial charge < -0.3 is 14.3 Å². The maximum Gasteiger partial charge on any atom is 0.210 e. The van der Waals surface area contributed by atoms with Crippen LogP contribution in [0.3, 0.4) is 0 Å². The van der Waals surface area contributed by atoms with Gasteiger partial charge in [0.2, 0.25) is 5.76 Å². The number of aryl methyl sites for hydroxylation is 1. The van der Waals surface area contributed by atoms with Crippen molar-refractivity contribution in [1.29, 1.82) is 0 Å². The molecule has 0 bridgehead atoms. The summed E-state index contributed by atoms with van der Waals surface area (Å²) in [6.07, 6.45) is 3.59. The summed E-state index contributed by atoms with van der Waals surface area (Å²) in [5.41, 5.74) is 5.89. The van der Waals surface area contributed by atoms with Crippen LogP contribution in [-0.4, -0.2) is 62.8 Å². The number of aliphatic imine (C=N–C) groups is 2. The Balaban J connectivity index is 1.37. The summed E-state index contributed by atoms with van der Waals surface area (Å²) < 4.78 is 6.08. The van der Waals surface area contributed by atoms with Gasteiger partial charge in [-0.2, -0.15) is 0 Å². The Morgan fingerprint density at radius 3 is 1.92 bits per heavy atom. The Bertz CT molecular complexity index is 1400. The summed E-state index contributed by atoms with van der Waals surface area (Å²) >= 11 is 12.0. The lowest BCUT2D eigenvalue weighted by molar-refractivity contribution is 0.387. The van der Waals surface area contributed by atoms with Crippen molar-refractivity contribution in [2.45, 2.75) is 20.0 Å². The number of halogens is 2. The summed E-state index contributed by atoms with van der Waals surface area (Å²) in [5.74, 6) is 2.23.